The van der Waals surface area contributed by atoms with Crippen molar-refractivity contribution in [1.82, 2.24) is 20.2 Å². The van der Waals surface area contributed by atoms with Crippen molar-refractivity contribution in [3.63, 3.8) is 0 Å². The van der Waals surface area contributed by atoms with Crippen molar-refractivity contribution in [2.24, 2.45) is 0 Å². The van der Waals surface area contributed by atoms with E-state index in [1.165, 1.54) is 0 Å². The van der Waals surface area contributed by atoms with Crippen LogP contribution in [0.5, 0.6) is 0 Å². The first-order chi connectivity index (χ1) is 9.22. The van der Waals surface area contributed by atoms with E-state index in [-0.39, 0.29) is 6.03 Å². The normalized spacial score (nSPS) is 15.7. The van der Waals surface area contributed by atoms with Crippen molar-refractivity contribution in [1.29, 1.82) is 0 Å². The van der Waals surface area contributed by atoms with E-state index in [0.717, 1.165) is 48.7 Å². The number of nitrogens with one attached hydrogen (secondary N) is 3. The van der Waals surface area contributed by atoms with Crippen molar-refractivity contribution in [2.75, 3.05) is 31.5 Å². The summed E-state index contributed by atoms with van der Waals surface area (Å²) in [4.78, 5) is 21.4. The SMILES string of the molecule is Cc1nc2ccc(NC(=O)N3CCNCC3)cc2[nH]1. The van der Waals surface area contributed by atoms with E-state index in [1.54, 1.807) is 0 Å². The van der Waals surface area contributed by atoms with Gasteiger partial charge in [-0.3, -0.25) is 0 Å². The summed E-state index contributed by atoms with van der Waals surface area (Å²) in [5.41, 5.74) is 2.65. The highest BCUT2D eigenvalue weighted by atomic mass is 16.2. The third kappa shape index (κ3) is 2.53. The molecule has 3 N–H and O–H groups in total. The summed E-state index contributed by atoms with van der Waals surface area (Å²) >= 11 is 0. The summed E-state index contributed by atoms with van der Waals surface area (Å²) in [5.74, 6) is 0.876. The van der Waals surface area contributed by atoms with Gasteiger partial charge in [-0.05, 0) is 25.1 Å². The van der Waals surface area contributed by atoms with Gasteiger partial charge in [0.2, 0.25) is 0 Å². The molecule has 1 saturated heterocycles. The Hall–Kier alpha value is -2.08. The number of piperazine rings is 1. The summed E-state index contributed by atoms with van der Waals surface area (Å²) in [5, 5.41) is 6.15. The van der Waals surface area contributed by atoms with Crippen LogP contribution in [0, 0.1) is 6.92 Å². The zero-order valence-corrected chi connectivity index (χ0v) is 10.9. The summed E-state index contributed by atoms with van der Waals surface area (Å²) in [6.07, 6.45) is 0. The van der Waals surface area contributed by atoms with Gasteiger partial charge in [-0.15, -0.1) is 0 Å². The van der Waals surface area contributed by atoms with Gasteiger partial charge in [-0.2, -0.15) is 0 Å². The Morgan fingerprint density at radius 2 is 2.16 bits per heavy atom. The molecule has 1 aromatic carbocycles. The smallest absolute Gasteiger partial charge is 0.321 e. The molecular formula is C13H17N5O. The first-order valence-electron chi connectivity index (χ1n) is 6.45. The lowest BCUT2D eigenvalue weighted by Crippen LogP contribution is -2.48. The Bertz CT molecular complexity index is 600. The van der Waals surface area contributed by atoms with Gasteiger partial charge in [-0.25, -0.2) is 9.78 Å². The lowest BCUT2D eigenvalue weighted by atomic mass is 10.3. The maximum atomic E-state index is 12.1. The van der Waals surface area contributed by atoms with Crippen LogP contribution in [0.3, 0.4) is 0 Å². The molecule has 0 unspecified atom stereocenters. The lowest BCUT2D eigenvalue weighted by molar-refractivity contribution is 0.204. The molecule has 0 bridgehead atoms. The Morgan fingerprint density at radius 3 is 2.95 bits per heavy atom. The van der Waals surface area contributed by atoms with E-state index in [1.807, 2.05) is 30.0 Å². The van der Waals surface area contributed by atoms with E-state index in [9.17, 15) is 4.79 Å². The number of aromatic amines is 1. The number of aromatic nitrogens is 2. The predicted octanol–water partition coefficient (Wildman–Crippen LogP) is 1.31. The van der Waals surface area contributed by atoms with Crippen LogP contribution in [0.2, 0.25) is 0 Å². The maximum Gasteiger partial charge on any atom is 0.321 e. The Morgan fingerprint density at radius 1 is 1.37 bits per heavy atom. The van der Waals surface area contributed by atoms with Gasteiger partial charge < -0.3 is 20.5 Å². The minimum atomic E-state index is -0.0444. The molecule has 0 saturated carbocycles. The van der Waals surface area contributed by atoms with Gasteiger partial charge in [0.25, 0.3) is 0 Å². The van der Waals surface area contributed by atoms with E-state index in [0.29, 0.717) is 0 Å². The van der Waals surface area contributed by atoms with E-state index in [4.69, 9.17) is 0 Å². The van der Waals surface area contributed by atoms with Crippen LogP contribution in [0.1, 0.15) is 5.82 Å². The van der Waals surface area contributed by atoms with Gasteiger partial charge in [0.15, 0.2) is 0 Å². The number of anilines is 1. The lowest BCUT2D eigenvalue weighted by Gasteiger charge is -2.27. The summed E-state index contributed by atoms with van der Waals surface area (Å²) in [7, 11) is 0. The number of carbonyl (C=O) groups is 1. The molecule has 0 radical (unpaired) electrons. The van der Waals surface area contributed by atoms with Crippen molar-refractivity contribution in [2.45, 2.75) is 6.92 Å². The standard InChI is InChI=1S/C13H17N5O/c1-9-15-11-3-2-10(8-12(11)16-9)17-13(19)18-6-4-14-5-7-18/h2-3,8,14H,4-7H2,1H3,(H,15,16)(H,17,19). The van der Waals surface area contributed by atoms with E-state index < -0.39 is 0 Å². The highest BCUT2D eigenvalue weighted by Crippen LogP contribution is 2.17. The second kappa shape index (κ2) is 4.89. The fraction of sp³-hybridized carbons (Fsp3) is 0.385. The van der Waals surface area contributed by atoms with Crippen LogP contribution in [0.25, 0.3) is 11.0 Å². The number of rotatable bonds is 1. The molecular weight excluding hydrogens is 242 g/mol. The molecule has 1 aliphatic heterocycles. The molecule has 19 heavy (non-hydrogen) atoms. The maximum absolute atomic E-state index is 12.1. The molecule has 0 atom stereocenters. The number of benzene rings is 1. The van der Waals surface area contributed by atoms with Crippen molar-refractivity contribution in [3.05, 3.63) is 24.0 Å². The quantitative estimate of drug-likeness (QED) is 0.723. The highest BCUT2D eigenvalue weighted by Gasteiger charge is 2.16. The monoisotopic (exact) mass is 259 g/mol. The van der Waals surface area contributed by atoms with Crippen molar-refractivity contribution in [3.8, 4) is 0 Å². The minimum Gasteiger partial charge on any atom is -0.342 e. The van der Waals surface area contributed by atoms with Crippen LogP contribution in [0.15, 0.2) is 18.2 Å². The molecule has 0 aliphatic carbocycles. The fourth-order valence-electron chi connectivity index (χ4n) is 2.29. The largest absolute Gasteiger partial charge is 0.342 e. The number of amides is 2. The summed E-state index contributed by atoms with van der Waals surface area (Å²) < 4.78 is 0. The zero-order valence-electron chi connectivity index (χ0n) is 10.9. The molecule has 6 heteroatoms. The first-order valence-corrected chi connectivity index (χ1v) is 6.45. The second-order valence-corrected chi connectivity index (χ2v) is 4.72. The zero-order chi connectivity index (χ0) is 13.2. The Kier molecular flexibility index (Phi) is 3.08. The second-order valence-electron chi connectivity index (χ2n) is 4.72. The first kappa shape index (κ1) is 12.0. The topological polar surface area (TPSA) is 73.1 Å². The van der Waals surface area contributed by atoms with Crippen molar-refractivity contribution < 1.29 is 4.79 Å². The number of hydrogen-bond donors (Lipinski definition) is 3. The summed E-state index contributed by atoms with van der Waals surface area (Å²) in [6.45, 7) is 5.12. The van der Waals surface area contributed by atoms with Gasteiger partial charge in [0.05, 0.1) is 11.0 Å². The van der Waals surface area contributed by atoms with E-state index >= 15 is 0 Å². The summed E-state index contributed by atoms with van der Waals surface area (Å²) in [6, 6.07) is 5.65. The number of carbonyl (C=O) groups excluding carboxylic acids is 1. The third-order valence-corrected chi connectivity index (χ3v) is 3.26. The highest BCUT2D eigenvalue weighted by molar-refractivity contribution is 5.92. The van der Waals surface area contributed by atoms with Gasteiger partial charge in [0, 0.05) is 31.9 Å². The molecule has 1 aliphatic rings. The third-order valence-electron chi connectivity index (χ3n) is 3.26. The fourth-order valence-corrected chi connectivity index (χ4v) is 2.29. The van der Waals surface area contributed by atoms with Gasteiger partial charge in [0.1, 0.15) is 5.82 Å². The molecule has 1 aromatic heterocycles. The molecule has 6 nitrogen and oxygen atoms in total. The van der Waals surface area contributed by atoms with Gasteiger partial charge >= 0.3 is 6.03 Å². The van der Waals surface area contributed by atoms with Crippen LogP contribution in [-0.2, 0) is 0 Å². The van der Waals surface area contributed by atoms with Gasteiger partial charge in [-0.1, -0.05) is 0 Å². The molecule has 3 rings (SSSR count). The minimum absolute atomic E-state index is 0.0444. The Labute approximate surface area is 111 Å². The molecule has 100 valence electrons. The number of nitrogens with zero attached hydrogens (tertiary/aromatic N) is 2. The molecule has 2 amide bonds. The molecule has 0 spiro atoms. The number of imidazole rings is 1. The van der Waals surface area contributed by atoms with Crippen LogP contribution in [-0.4, -0.2) is 47.1 Å². The van der Waals surface area contributed by atoms with Crippen LogP contribution in [0.4, 0.5) is 10.5 Å². The predicted molar refractivity (Wildman–Crippen MR) is 74.3 cm³/mol. The molecule has 2 heterocycles. The van der Waals surface area contributed by atoms with E-state index in [2.05, 4.69) is 20.6 Å². The Balaban J connectivity index is 1.74. The molecule has 1 fully saturated rings. The number of H-pyrrole nitrogens is 1. The number of fused-ring (bicyclic) bond motifs is 1. The number of hydrogen-bond acceptors (Lipinski definition) is 3. The van der Waals surface area contributed by atoms with Crippen LogP contribution < -0.4 is 10.6 Å². The van der Waals surface area contributed by atoms with Crippen molar-refractivity contribution >= 4 is 22.8 Å². The van der Waals surface area contributed by atoms with Crippen LogP contribution >= 0.6 is 0 Å². The average Bonchev–Trinajstić information content (AvgIpc) is 2.79. The average molecular weight is 259 g/mol. The number of aryl methyl sites for hydroxylation is 1. The number of urea groups is 1. The molecule has 2 aromatic rings.